The minimum absolute atomic E-state index is 0.0646. The normalized spacial score (nSPS) is 34.9. The van der Waals surface area contributed by atoms with Crippen LogP contribution in [-0.2, 0) is 27.6 Å². The van der Waals surface area contributed by atoms with Crippen molar-refractivity contribution in [3.05, 3.63) is 35.3 Å². The molecule has 8 atom stereocenters. The molecule has 0 saturated carbocycles. The van der Waals surface area contributed by atoms with Crippen LogP contribution in [0.4, 0.5) is 20.5 Å². The van der Waals surface area contributed by atoms with Gasteiger partial charge in [-0.15, -0.1) is 0 Å². The van der Waals surface area contributed by atoms with Gasteiger partial charge in [0.25, 0.3) is 0 Å². The van der Waals surface area contributed by atoms with Crippen LogP contribution in [0.2, 0.25) is 0 Å². The molecule has 3 saturated heterocycles. The average Bonchev–Trinajstić information content (AvgIpc) is 3.72. The number of nitrogens with one attached hydrogen (secondary N) is 1. The molecule has 24 heteroatoms. The first-order chi connectivity index (χ1) is 21.3. The summed E-state index contributed by atoms with van der Waals surface area (Å²) in [4.78, 5) is 52.9. The van der Waals surface area contributed by atoms with Crippen molar-refractivity contribution in [1.29, 1.82) is 0 Å². The molecule has 3 aliphatic rings. The van der Waals surface area contributed by atoms with Gasteiger partial charge in [-0.05, 0) is 0 Å². The van der Waals surface area contributed by atoms with E-state index in [9.17, 15) is 14.6 Å². The molecule has 0 unspecified atom stereocenters. The summed E-state index contributed by atoms with van der Waals surface area (Å²) in [7, 11) is -9.09. The molecule has 3 aliphatic heterocycles. The number of alkyl halides is 2. The maximum atomic E-state index is 16.1. The third-order valence-electron chi connectivity index (χ3n) is 7.52. The Bertz CT molecular complexity index is 1820. The second-order valence-corrected chi connectivity index (χ2v) is 17.0. The quantitative estimate of drug-likeness (QED) is 0.112. The molecule has 18 nitrogen and oxygen atoms in total. The summed E-state index contributed by atoms with van der Waals surface area (Å²) >= 11 is 8.27. The summed E-state index contributed by atoms with van der Waals surface area (Å²) in [6.45, 7) is -1.22. The summed E-state index contributed by atoms with van der Waals surface area (Å²) in [5.74, 6) is -0.0752. The van der Waals surface area contributed by atoms with Gasteiger partial charge in [-0.2, -0.15) is 0 Å². The number of fused-ring (bicyclic) bond motifs is 5. The number of nitrogen functional groups attached to an aromatic ring is 2. The Morgan fingerprint density at radius 1 is 0.933 bits per heavy atom. The number of rotatable bonds is 2. The van der Waals surface area contributed by atoms with E-state index in [0.29, 0.717) is 5.39 Å². The zero-order valence-corrected chi connectivity index (χ0v) is 26.4. The van der Waals surface area contributed by atoms with Gasteiger partial charge in [-0.3, -0.25) is 0 Å². The molecule has 0 aromatic carbocycles. The molecule has 7 N–H and O–H groups in total. The molecule has 7 rings (SSSR count). The van der Waals surface area contributed by atoms with Crippen LogP contribution in [0, 0.1) is 0 Å². The number of halogens is 2. The van der Waals surface area contributed by atoms with Crippen molar-refractivity contribution in [2.45, 2.75) is 49.2 Å². The molecule has 0 aliphatic carbocycles. The van der Waals surface area contributed by atoms with E-state index in [1.165, 1.54) is 21.7 Å². The predicted octanol–water partition coefficient (Wildman–Crippen LogP) is 0.681. The van der Waals surface area contributed by atoms with Gasteiger partial charge in [0.05, 0.1) is 0 Å². The number of anilines is 2. The third kappa shape index (κ3) is 5.66. The van der Waals surface area contributed by atoms with Crippen molar-refractivity contribution >= 4 is 72.8 Å². The Labute approximate surface area is 261 Å². The SMILES string of the molecule is Nc1nc2c(ncn2[C@@H]2O[C@@H]3CO[PH](O)(S)O[C@H]4[C@H](F)[C@H](n5ccc6c(N)ncnc65)O[C@@H]4CO[PH](O)(S)O[C@@H]2[C@@H]3F)c(=O)[nH]1. The van der Waals surface area contributed by atoms with Gasteiger partial charge in [0.2, 0.25) is 0 Å². The number of aromatic nitrogens is 7. The molecule has 246 valence electrons. The van der Waals surface area contributed by atoms with Crippen LogP contribution >= 0.6 is 38.8 Å². The van der Waals surface area contributed by atoms with E-state index in [0.717, 1.165) is 6.33 Å². The monoisotopic (exact) mass is 713 g/mol. The number of nitrogens with two attached hydrogens (primary N) is 2. The molecule has 0 spiro atoms. The van der Waals surface area contributed by atoms with Crippen LogP contribution in [0.5, 0.6) is 0 Å². The fourth-order valence-corrected chi connectivity index (χ4v) is 8.81. The summed E-state index contributed by atoms with van der Waals surface area (Å²) in [5.41, 5.74) is 11.0. The van der Waals surface area contributed by atoms with Gasteiger partial charge in [-0.1, -0.05) is 0 Å². The Balaban J connectivity index is 1.20. The van der Waals surface area contributed by atoms with E-state index in [2.05, 4.69) is 49.4 Å². The van der Waals surface area contributed by atoms with E-state index < -0.39 is 82.3 Å². The van der Waals surface area contributed by atoms with Crippen LogP contribution in [0.1, 0.15) is 12.5 Å². The van der Waals surface area contributed by atoms with E-state index >= 15 is 8.78 Å². The van der Waals surface area contributed by atoms with Gasteiger partial charge in [0.15, 0.2) is 0 Å². The number of thiol groups is 2. The van der Waals surface area contributed by atoms with Crippen LogP contribution in [0.25, 0.3) is 22.2 Å². The Morgan fingerprint density at radius 2 is 1.62 bits per heavy atom. The number of ether oxygens (including phenoxy) is 2. The zero-order chi connectivity index (χ0) is 31.8. The third-order valence-corrected chi connectivity index (χ3v) is 11.2. The predicted molar refractivity (Wildman–Crippen MR) is 163 cm³/mol. The molecule has 45 heavy (non-hydrogen) atoms. The number of hydrogen-bond acceptors (Lipinski definition) is 17. The van der Waals surface area contributed by atoms with E-state index in [-0.39, 0.29) is 28.6 Å². The summed E-state index contributed by atoms with van der Waals surface area (Å²) in [6, 6.07) is 1.58. The molecule has 4 aromatic heterocycles. The minimum atomic E-state index is -4.57. The van der Waals surface area contributed by atoms with E-state index in [1.54, 1.807) is 6.07 Å². The molecule has 0 amide bonds. The van der Waals surface area contributed by atoms with Crippen molar-refractivity contribution in [2.75, 3.05) is 24.7 Å². The zero-order valence-electron chi connectivity index (χ0n) is 22.6. The van der Waals surface area contributed by atoms with Crippen LogP contribution in [0.3, 0.4) is 0 Å². The summed E-state index contributed by atoms with van der Waals surface area (Å²) < 4.78 is 68.7. The van der Waals surface area contributed by atoms with Crippen molar-refractivity contribution in [2.24, 2.45) is 0 Å². The summed E-state index contributed by atoms with van der Waals surface area (Å²) in [5, 5.41) is 0.445. The molecule has 7 heterocycles. The van der Waals surface area contributed by atoms with Crippen molar-refractivity contribution in [1.82, 2.24) is 34.1 Å². The van der Waals surface area contributed by atoms with Crippen LogP contribution < -0.4 is 17.0 Å². The summed E-state index contributed by atoms with van der Waals surface area (Å²) in [6.07, 6.45) is -8.78. The first-order valence-electron chi connectivity index (χ1n) is 13.2. The van der Waals surface area contributed by atoms with Crippen molar-refractivity contribution in [3.8, 4) is 0 Å². The van der Waals surface area contributed by atoms with Gasteiger partial charge < -0.3 is 0 Å². The molecule has 3 fully saturated rings. The standard InChI is InChI=1S/C21H27F2N9O9P2S2/c22-10-8-3-36-42(34,44)40-13-9(39-19(11(13)23)31-2-1-7-15(24)26-5-27-16(7)31)4-37-43(35,45)41-14(10)20(38-8)32-6-28-12-17(32)29-21(25)30-18(12)33/h1-2,5-6,8-11,13-14,19-20,34-35,42-45H,3-4H2,(H2,24,26,27)(H3,25,29,30,33)/t8-,9-,10-,11+,13-,14-,19-,20-/m1/s1. The number of nitrogens with zero attached hydrogens (tertiary/aromatic N) is 6. The van der Waals surface area contributed by atoms with Gasteiger partial charge in [0.1, 0.15) is 0 Å². The number of aromatic amines is 1. The van der Waals surface area contributed by atoms with Gasteiger partial charge in [-0.25, -0.2) is 0 Å². The first-order valence-corrected chi connectivity index (χ1v) is 19.3. The second-order valence-electron chi connectivity index (χ2n) is 10.4. The Hall–Kier alpha value is -2.33. The molecular weight excluding hydrogens is 686 g/mol. The Morgan fingerprint density at radius 3 is 2.38 bits per heavy atom. The van der Waals surface area contributed by atoms with Crippen molar-refractivity contribution < 1.29 is 46.1 Å². The number of imidazole rings is 1. The van der Waals surface area contributed by atoms with E-state index in [4.69, 9.17) is 39.0 Å². The first kappa shape index (κ1) is 31.3. The van der Waals surface area contributed by atoms with E-state index in [1.807, 2.05) is 0 Å². The topological polar surface area (TPSA) is 242 Å². The fourth-order valence-electron chi connectivity index (χ4n) is 5.50. The van der Waals surface area contributed by atoms with Crippen LogP contribution in [0.15, 0.2) is 29.7 Å². The maximum absolute atomic E-state index is 16.1. The average molecular weight is 714 g/mol. The molecule has 4 aromatic rings. The van der Waals surface area contributed by atoms with Gasteiger partial charge in [0, 0.05) is 0 Å². The molecule has 0 radical (unpaired) electrons. The van der Waals surface area contributed by atoms with Crippen LogP contribution in [-0.4, -0.2) is 93.8 Å². The van der Waals surface area contributed by atoms with Crippen molar-refractivity contribution in [3.63, 3.8) is 0 Å². The Kier molecular flexibility index (Phi) is 7.94. The molecular formula is C21H27F2N9O9P2S2. The number of H-pyrrole nitrogens is 1. The second kappa shape index (κ2) is 11.4. The number of hydrogen-bond donors (Lipinski definition) is 7. The van der Waals surface area contributed by atoms with Gasteiger partial charge >= 0.3 is 262 Å². The molecule has 2 bridgehead atoms. The fraction of sp³-hybridized carbons (Fsp3) is 0.476.